The zero-order chi connectivity index (χ0) is 21.3. The van der Waals surface area contributed by atoms with E-state index in [-0.39, 0.29) is 15.7 Å². The topological polar surface area (TPSA) is 94.9 Å². The molecular weight excluding hydrogens is 398 g/mol. The molecule has 0 atom stereocenters. The second-order valence-corrected chi connectivity index (χ2v) is 9.24. The lowest BCUT2D eigenvalue weighted by atomic mass is 10.0. The standard InChI is InChI=1S/C23H21N3O3S/c1-15(2)16-7-11-18(12-8-16)30(28,29)19-13-9-17(10-14-19)25-26-22-20-5-3-4-6-21(20)24-23(22)27/h3-15,24,27H,1-2H3. The first-order chi connectivity index (χ1) is 14.4. The van der Waals surface area contributed by atoms with Crippen LogP contribution >= 0.6 is 0 Å². The van der Waals surface area contributed by atoms with Crippen LogP contribution in [0.1, 0.15) is 25.3 Å². The SMILES string of the molecule is CC(C)c1ccc(S(=O)(=O)c2ccc(N=Nc3c(O)[nH]c4ccccc34)cc2)cc1. The molecule has 0 fully saturated rings. The third-order valence-electron chi connectivity index (χ3n) is 4.93. The Kier molecular flexibility index (Phi) is 5.13. The van der Waals surface area contributed by atoms with Crippen molar-refractivity contribution in [2.75, 3.05) is 0 Å². The molecule has 2 N–H and O–H groups in total. The van der Waals surface area contributed by atoms with Crippen LogP contribution in [0.2, 0.25) is 0 Å². The highest BCUT2D eigenvalue weighted by molar-refractivity contribution is 7.91. The number of aromatic hydroxyl groups is 1. The summed E-state index contributed by atoms with van der Waals surface area (Å²) >= 11 is 0. The van der Waals surface area contributed by atoms with E-state index < -0.39 is 9.84 Å². The van der Waals surface area contributed by atoms with Crippen molar-refractivity contribution in [2.24, 2.45) is 10.2 Å². The van der Waals surface area contributed by atoms with Gasteiger partial charge in [-0.05, 0) is 53.9 Å². The summed E-state index contributed by atoms with van der Waals surface area (Å²) in [5.41, 5.74) is 2.67. The Morgan fingerprint density at radius 2 is 1.43 bits per heavy atom. The average molecular weight is 420 g/mol. The first kappa shape index (κ1) is 19.8. The van der Waals surface area contributed by atoms with E-state index in [4.69, 9.17) is 0 Å². The minimum atomic E-state index is -3.61. The normalized spacial score (nSPS) is 12.2. The summed E-state index contributed by atoms with van der Waals surface area (Å²) in [5.74, 6) is 0.270. The molecule has 4 rings (SSSR count). The number of aromatic nitrogens is 1. The van der Waals surface area contributed by atoms with Crippen molar-refractivity contribution >= 4 is 32.1 Å². The quantitative estimate of drug-likeness (QED) is 0.375. The Balaban J connectivity index is 1.59. The van der Waals surface area contributed by atoms with Gasteiger partial charge in [-0.15, -0.1) is 5.11 Å². The lowest BCUT2D eigenvalue weighted by Crippen LogP contribution is -2.02. The summed E-state index contributed by atoms with van der Waals surface area (Å²) in [6.45, 7) is 4.12. The van der Waals surface area contributed by atoms with Gasteiger partial charge in [-0.25, -0.2) is 8.42 Å². The van der Waals surface area contributed by atoms with Gasteiger partial charge in [-0.2, -0.15) is 5.11 Å². The van der Waals surface area contributed by atoms with E-state index in [1.54, 1.807) is 24.3 Å². The molecule has 4 aromatic rings. The highest BCUT2D eigenvalue weighted by atomic mass is 32.2. The van der Waals surface area contributed by atoms with Gasteiger partial charge in [0.2, 0.25) is 15.7 Å². The second kappa shape index (κ2) is 7.76. The molecule has 1 aromatic heterocycles. The van der Waals surface area contributed by atoms with Crippen molar-refractivity contribution in [3.8, 4) is 5.88 Å². The van der Waals surface area contributed by atoms with Gasteiger partial charge in [0.05, 0.1) is 21.0 Å². The van der Waals surface area contributed by atoms with Crippen LogP contribution in [0.15, 0.2) is 92.8 Å². The molecule has 0 saturated carbocycles. The maximum absolute atomic E-state index is 12.9. The number of rotatable bonds is 5. The summed E-state index contributed by atoms with van der Waals surface area (Å²) < 4.78 is 25.7. The largest absolute Gasteiger partial charge is 0.493 e. The summed E-state index contributed by atoms with van der Waals surface area (Å²) in [5, 5.41) is 19.1. The van der Waals surface area contributed by atoms with E-state index in [9.17, 15) is 13.5 Å². The van der Waals surface area contributed by atoms with Crippen molar-refractivity contribution < 1.29 is 13.5 Å². The number of hydrogen-bond donors (Lipinski definition) is 2. The van der Waals surface area contributed by atoms with Gasteiger partial charge in [0.25, 0.3) is 0 Å². The summed E-state index contributed by atoms with van der Waals surface area (Å²) in [4.78, 5) is 3.29. The van der Waals surface area contributed by atoms with E-state index in [1.165, 1.54) is 12.1 Å². The molecular formula is C23H21N3O3S. The van der Waals surface area contributed by atoms with E-state index in [0.29, 0.717) is 17.3 Å². The number of fused-ring (bicyclic) bond motifs is 1. The molecule has 0 spiro atoms. The fourth-order valence-corrected chi connectivity index (χ4v) is 4.44. The Morgan fingerprint density at radius 3 is 2.07 bits per heavy atom. The van der Waals surface area contributed by atoms with Crippen molar-refractivity contribution in [3.63, 3.8) is 0 Å². The number of nitrogens with one attached hydrogen (secondary N) is 1. The first-order valence-corrected chi connectivity index (χ1v) is 11.0. The first-order valence-electron chi connectivity index (χ1n) is 9.53. The van der Waals surface area contributed by atoms with Crippen LogP contribution in [-0.4, -0.2) is 18.5 Å². The molecule has 1 heterocycles. The van der Waals surface area contributed by atoms with Crippen LogP contribution in [0.3, 0.4) is 0 Å². The van der Waals surface area contributed by atoms with Gasteiger partial charge >= 0.3 is 0 Å². The van der Waals surface area contributed by atoms with Crippen LogP contribution in [0.4, 0.5) is 11.4 Å². The molecule has 3 aromatic carbocycles. The Bertz CT molecular complexity index is 1320. The van der Waals surface area contributed by atoms with Gasteiger partial charge in [-0.3, -0.25) is 0 Å². The number of aromatic amines is 1. The van der Waals surface area contributed by atoms with Crippen molar-refractivity contribution in [2.45, 2.75) is 29.6 Å². The molecule has 0 aliphatic carbocycles. The number of hydrogen-bond acceptors (Lipinski definition) is 5. The van der Waals surface area contributed by atoms with Gasteiger partial charge in [0.15, 0.2) is 5.69 Å². The summed E-state index contributed by atoms with van der Waals surface area (Å²) in [6, 6.07) is 20.5. The molecule has 0 aliphatic heterocycles. The molecule has 152 valence electrons. The lowest BCUT2D eigenvalue weighted by Gasteiger charge is -2.08. The third-order valence-corrected chi connectivity index (χ3v) is 6.71. The van der Waals surface area contributed by atoms with Crippen LogP contribution < -0.4 is 0 Å². The average Bonchev–Trinajstić information content (AvgIpc) is 3.07. The van der Waals surface area contributed by atoms with Gasteiger partial charge in [0, 0.05) is 5.39 Å². The zero-order valence-corrected chi connectivity index (χ0v) is 17.4. The van der Waals surface area contributed by atoms with Crippen LogP contribution in [0, 0.1) is 0 Å². The van der Waals surface area contributed by atoms with Crippen molar-refractivity contribution in [1.82, 2.24) is 4.98 Å². The van der Waals surface area contributed by atoms with Gasteiger partial charge in [-0.1, -0.05) is 44.2 Å². The predicted octanol–water partition coefficient (Wildman–Crippen LogP) is 6.25. The maximum Gasteiger partial charge on any atom is 0.218 e. The number of H-pyrrole nitrogens is 1. The number of nitrogens with zero attached hydrogens (tertiary/aromatic N) is 2. The number of sulfone groups is 1. The smallest absolute Gasteiger partial charge is 0.218 e. The van der Waals surface area contributed by atoms with Crippen LogP contribution in [0.25, 0.3) is 10.9 Å². The van der Waals surface area contributed by atoms with Gasteiger partial charge < -0.3 is 10.1 Å². The monoisotopic (exact) mass is 419 g/mol. The zero-order valence-electron chi connectivity index (χ0n) is 16.6. The molecule has 0 amide bonds. The molecule has 0 saturated heterocycles. The van der Waals surface area contributed by atoms with Crippen LogP contribution in [0.5, 0.6) is 5.88 Å². The third kappa shape index (κ3) is 3.71. The molecule has 0 aliphatic rings. The van der Waals surface area contributed by atoms with Crippen molar-refractivity contribution in [3.05, 3.63) is 78.4 Å². The van der Waals surface area contributed by atoms with E-state index in [1.807, 2.05) is 36.4 Å². The Hall–Kier alpha value is -3.45. The summed E-state index contributed by atoms with van der Waals surface area (Å²) in [7, 11) is -3.61. The van der Waals surface area contributed by atoms with Crippen molar-refractivity contribution in [1.29, 1.82) is 0 Å². The van der Waals surface area contributed by atoms with E-state index in [0.717, 1.165) is 16.5 Å². The predicted molar refractivity (Wildman–Crippen MR) is 117 cm³/mol. The number of para-hydroxylation sites is 1. The highest BCUT2D eigenvalue weighted by Gasteiger charge is 2.17. The minimum absolute atomic E-state index is 0.0657. The molecule has 7 heteroatoms. The molecule has 30 heavy (non-hydrogen) atoms. The molecule has 0 bridgehead atoms. The van der Waals surface area contributed by atoms with E-state index >= 15 is 0 Å². The van der Waals surface area contributed by atoms with Crippen LogP contribution in [-0.2, 0) is 9.84 Å². The number of azo groups is 1. The minimum Gasteiger partial charge on any atom is -0.493 e. The highest BCUT2D eigenvalue weighted by Crippen LogP contribution is 2.36. The molecule has 0 unspecified atom stereocenters. The fourth-order valence-electron chi connectivity index (χ4n) is 3.18. The fraction of sp³-hybridized carbons (Fsp3) is 0.130. The second-order valence-electron chi connectivity index (χ2n) is 7.29. The molecule has 0 radical (unpaired) electrons. The van der Waals surface area contributed by atoms with Gasteiger partial charge in [0.1, 0.15) is 0 Å². The Morgan fingerprint density at radius 1 is 0.833 bits per heavy atom. The maximum atomic E-state index is 12.9. The Labute approximate surface area is 174 Å². The molecule has 6 nitrogen and oxygen atoms in total. The lowest BCUT2D eigenvalue weighted by molar-refractivity contribution is 0.459. The van der Waals surface area contributed by atoms with E-state index in [2.05, 4.69) is 29.1 Å². The summed E-state index contributed by atoms with van der Waals surface area (Å²) in [6.07, 6.45) is 0. The number of benzene rings is 3.